The van der Waals surface area contributed by atoms with Crippen molar-refractivity contribution in [2.75, 3.05) is 29.4 Å². The lowest BCUT2D eigenvalue weighted by atomic mass is 9.98. The third-order valence-electron chi connectivity index (χ3n) is 5.88. The molecule has 2 aliphatic heterocycles. The Morgan fingerprint density at radius 1 is 1.07 bits per heavy atom. The fourth-order valence-corrected chi connectivity index (χ4v) is 4.57. The van der Waals surface area contributed by atoms with Crippen molar-refractivity contribution in [3.05, 3.63) is 64.0 Å². The highest BCUT2D eigenvalue weighted by molar-refractivity contribution is 6.00. The lowest BCUT2D eigenvalue weighted by molar-refractivity contribution is -0.117. The number of carbonyl (C=O) groups is 1. The van der Waals surface area contributed by atoms with Crippen molar-refractivity contribution in [1.29, 1.82) is 0 Å². The Morgan fingerprint density at radius 3 is 2.79 bits per heavy atom. The van der Waals surface area contributed by atoms with E-state index in [1.807, 2.05) is 12.1 Å². The number of amides is 1. The zero-order valence-corrected chi connectivity index (χ0v) is 16.1. The number of aryl methyl sites for hydroxylation is 2. The second-order valence-corrected chi connectivity index (χ2v) is 7.70. The topological polar surface area (TPSA) is 74.0 Å². The number of fused-ring (bicyclic) bond motifs is 4. The van der Waals surface area contributed by atoms with Gasteiger partial charge in [0.2, 0.25) is 5.91 Å². The highest BCUT2D eigenvalue weighted by Gasteiger charge is 2.30. The number of aromatic hydroxyl groups is 1. The number of anilines is 2. The molecule has 1 aromatic heterocycles. The standard InChI is InChI=1S/C23H22N2O4/c26-16-9-10-20-18(13-16)17-7-4-12-25(22(17)23(28)29-20)21(27)14-24-11-3-6-15-5-1-2-8-19(15)24/h1-2,5,8-10,13,26H,3-4,6-7,11-12,14H2. The van der Waals surface area contributed by atoms with E-state index < -0.39 is 5.63 Å². The van der Waals surface area contributed by atoms with E-state index in [0.717, 1.165) is 37.1 Å². The number of rotatable bonds is 2. The summed E-state index contributed by atoms with van der Waals surface area (Å²) >= 11 is 0. The Morgan fingerprint density at radius 2 is 1.90 bits per heavy atom. The van der Waals surface area contributed by atoms with Gasteiger partial charge in [0, 0.05) is 24.2 Å². The second-order valence-electron chi connectivity index (χ2n) is 7.70. The Balaban J connectivity index is 1.51. The molecular formula is C23H22N2O4. The molecule has 0 atom stereocenters. The fraction of sp³-hybridized carbons (Fsp3) is 0.304. The van der Waals surface area contributed by atoms with Crippen molar-refractivity contribution in [3.8, 4) is 5.75 Å². The summed E-state index contributed by atoms with van der Waals surface area (Å²) in [5.41, 5.74) is 3.40. The maximum atomic E-state index is 13.2. The predicted octanol–water partition coefficient (Wildman–Crippen LogP) is 3.23. The zero-order chi connectivity index (χ0) is 20.0. The van der Waals surface area contributed by atoms with Crippen LogP contribution in [0.25, 0.3) is 11.0 Å². The van der Waals surface area contributed by atoms with E-state index in [2.05, 4.69) is 17.0 Å². The summed E-state index contributed by atoms with van der Waals surface area (Å²) in [6.45, 7) is 1.55. The molecule has 0 fully saturated rings. The summed E-state index contributed by atoms with van der Waals surface area (Å²) in [4.78, 5) is 29.7. The van der Waals surface area contributed by atoms with Crippen LogP contribution in [0, 0.1) is 0 Å². The van der Waals surface area contributed by atoms with Crippen molar-refractivity contribution in [2.24, 2.45) is 0 Å². The molecule has 0 spiro atoms. The quantitative estimate of drug-likeness (QED) is 0.680. The SMILES string of the molecule is O=C(CN1CCCc2ccccc21)N1CCCc2c1c(=O)oc1ccc(O)cc21. The summed E-state index contributed by atoms with van der Waals surface area (Å²) in [5, 5.41) is 10.6. The maximum Gasteiger partial charge on any atom is 0.360 e. The van der Waals surface area contributed by atoms with E-state index in [-0.39, 0.29) is 18.2 Å². The molecule has 3 aromatic rings. The molecule has 0 aliphatic carbocycles. The van der Waals surface area contributed by atoms with Gasteiger partial charge in [0.05, 0.1) is 6.54 Å². The van der Waals surface area contributed by atoms with Gasteiger partial charge in [-0.15, -0.1) is 0 Å². The Hall–Kier alpha value is -3.28. The first-order valence-electron chi connectivity index (χ1n) is 10.0. The molecule has 1 amide bonds. The molecule has 0 saturated carbocycles. The molecule has 3 heterocycles. The smallest absolute Gasteiger partial charge is 0.360 e. The van der Waals surface area contributed by atoms with Gasteiger partial charge in [-0.1, -0.05) is 18.2 Å². The third-order valence-corrected chi connectivity index (χ3v) is 5.88. The van der Waals surface area contributed by atoms with E-state index in [4.69, 9.17) is 4.42 Å². The van der Waals surface area contributed by atoms with Gasteiger partial charge in [-0.25, -0.2) is 4.79 Å². The minimum Gasteiger partial charge on any atom is -0.508 e. The molecular weight excluding hydrogens is 368 g/mol. The summed E-state index contributed by atoms with van der Waals surface area (Å²) in [5.74, 6) is 0.0105. The number of phenolic OH excluding ortho intramolecular Hbond substituents is 1. The van der Waals surface area contributed by atoms with E-state index in [1.54, 1.807) is 17.0 Å². The Labute approximate surface area is 168 Å². The average molecular weight is 390 g/mol. The first kappa shape index (κ1) is 17.8. The van der Waals surface area contributed by atoms with Crippen LogP contribution in [-0.4, -0.2) is 30.6 Å². The molecule has 2 aromatic carbocycles. The van der Waals surface area contributed by atoms with Gasteiger partial charge in [0.1, 0.15) is 17.0 Å². The molecule has 148 valence electrons. The number of nitrogens with zero attached hydrogens (tertiary/aromatic N) is 2. The number of hydrogen-bond donors (Lipinski definition) is 1. The van der Waals surface area contributed by atoms with Crippen LogP contribution in [0.2, 0.25) is 0 Å². The Bertz CT molecular complexity index is 1170. The van der Waals surface area contributed by atoms with Crippen molar-refractivity contribution < 1.29 is 14.3 Å². The molecule has 6 nitrogen and oxygen atoms in total. The van der Waals surface area contributed by atoms with Gasteiger partial charge in [-0.05, 0) is 61.1 Å². The molecule has 2 aliphatic rings. The number of benzene rings is 2. The van der Waals surface area contributed by atoms with Crippen LogP contribution in [0.4, 0.5) is 11.4 Å². The number of para-hydroxylation sites is 1. The Kier molecular flexibility index (Phi) is 4.27. The molecule has 0 bridgehead atoms. The lowest BCUT2D eigenvalue weighted by Gasteiger charge is -2.34. The molecule has 1 N–H and O–H groups in total. The van der Waals surface area contributed by atoms with E-state index in [9.17, 15) is 14.7 Å². The van der Waals surface area contributed by atoms with Gasteiger partial charge >= 0.3 is 5.63 Å². The van der Waals surface area contributed by atoms with Crippen molar-refractivity contribution in [1.82, 2.24) is 0 Å². The molecule has 0 saturated heterocycles. The van der Waals surface area contributed by atoms with Gasteiger partial charge < -0.3 is 19.3 Å². The van der Waals surface area contributed by atoms with Crippen LogP contribution in [0.15, 0.2) is 51.7 Å². The summed E-state index contributed by atoms with van der Waals surface area (Å²) in [6, 6.07) is 12.9. The van der Waals surface area contributed by atoms with E-state index >= 15 is 0 Å². The number of phenols is 1. The van der Waals surface area contributed by atoms with Crippen LogP contribution in [-0.2, 0) is 17.6 Å². The summed E-state index contributed by atoms with van der Waals surface area (Å²) < 4.78 is 5.47. The van der Waals surface area contributed by atoms with Crippen LogP contribution in [0.3, 0.4) is 0 Å². The molecule has 6 heteroatoms. The van der Waals surface area contributed by atoms with Gasteiger partial charge in [-0.2, -0.15) is 0 Å². The number of carbonyl (C=O) groups excluding carboxylic acids is 1. The lowest BCUT2D eigenvalue weighted by Crippen LogP contribution is -2.46. The first-order chi connectivity index (χ1) is 14.1. The highest BCUT2D eigenvalue weighted by atomic mass is 16.4. The van der Waals surface area contributed by atoms with E-state index in [1.165, 1.54) is 11.6 Å². The normalized spacial score (nSPS) is 15.9. The fourth-order valence-electron chi connectivity index (χ4n) is 4.57. The summed E-state index contributed by atoms with van der Waals surface area (Å²) in [7, 11) is 0. The van der Waals surface area contributed by atoms with Gasteiger partial charge in [0.25, 0.3) is 0 Å². The second kappa shape index (κ2) is 6.95. The van der Waals surface area contributed by atoms with Crippen molar-refractivity contribution >= 4 is 28.3 Å². The van der Waals surface area contributed by atoms with Crippen LogP contribution in [0.1, 0.15) is 24.0 Å². The molecule has 0 unspecified atom stereocenters. The monoisotopic (exact) mass is 390 g/mol. The third kappa shape index (κ3) is 3.05. The predicted molar refractivity (Wildman–Crippen MR) is 112 cm³/mol. The van der Waals surface area contributed by atoms with Crippen molar-refractivity contribution in [2.45, 2.75) is 25.7 Å². The van der Waals surface area contributed by atoms with Crippen LogP contribution >= 0.6 is 0 Å². The largest absolute Gasteiger partial charge is 0.508 e. The minimum absolute atomic E-state index is 0.102. The minimum atomic E-state index is -0.495. The van der Waals surface area contributed by atoms with Gasteiger partial charge in [0.15, 0.2) is 0 Å². The maximum absolute atomic E-state index is 13.2. The van der Waals surface area contributed by atoms with Gasteiger partial charge in [-0.3, -0.25) is 4.79 Å². The first-order valence-corrected chi connectivity index (χ1v) is 10.0. The van der Waals surface area contributed by atoms with Crippen LogP contribution < -0.4 is 15.4 Å². The van der Waals surface area contributed by atoms with E-state index in [0.29, 0.717) is 29.6 Å². The van der Waals surface area contributed by atoms with Crippen LogP contribution in [0.5, 0.6) is 5.75 Å². The average Bonchev–Trinajstić information content (AvgIpc) is 2.74. The molecule has 29 heavy (non-hydrogen) atoms. The zero-order valence-electron chi connectivity index (χ0n) is 16.1. The van der Waals surface area contributed by atoms with Crippen molar-refractivity contribution in [3.63, 3.8) is 0 Å². The summed E-state index contributed by atoms with van der Waals surface area (Å²) in [6.07, 6.45) is 3.47. The highest BCUT2D eigenvalue weighted by Crippen LogP contribution is 2.33. The molecule has 5 rings (SSSR count). The number of hydrogen-bond acceptors (Lipinski definition) is 5. The molecule has 0 radical (unpaired) electrons.